The lowest BCUT2D eigenvalue weighted by atomic mass is 10.1. The summed E-state index contributed by atoms with van der Waals surface area (Å²) in [5.74, 6) is -0.273. The average Bonchev–Trinajstić information content (AvgIpc) is 2.94. The summed E-state index contributed by atoms with van der Waals surface area (Å²) >= 11 is 1.30. The van der Waals surface area contributed by atoms with Gasteiger partial charge in [0.2, 0.25) is 5.91 Å². The number of nitrogens with one attached hydrogen (secondary N) is 1. The molecule has 1 amide bonds. The number of carbonyl (C=O) groups excluding carboxylic acids is 1. The lowest BCUT2D eigenvalue weighted by molar-refractivity contribution is -0.118. The summed E-state index contributed by atoms with van der Waals surface area (Å²) < 4.78 is 8.64. The quantitative estimate of drug-likeness (QED) is 0.855. The second-order valence-corrected chi connectivity index (χ2v) is 4.53. The van der Waals surface area contributed by atoms with E-state index in [2.05, 4.69) is 14.9 Å². The maximum atomic E-state index is 11.7. The zero-order chi connectivity index (χ0) is 13.7. The Morgan fingerprint density at radius 2 is 2.21 bits per heavy atom. The van der Waals surface area contributed by atoms with Crippen molar-refractivity contribution in [2.75, 3.05) is 19.0 Å². The van der Waals surface area contributed by atoms with Gasteiger partial charge in [0.25, 0.3) is 0 Å². The summed E-state index contributed by atoms with van der Waals surface area (Å²) in [4.78, 5) is 11.7. The highest BCUT2D eigenvalue weighted by Crippen LogP contribution is 2.20. The van der Waals surface area contributed by atoms with Crippen LogP contribution in [0.2, 0.25) is 0 Å². The van der Waals surface area contributed by atoms with Gasteiger partial charge < -0.3 is 15.8 Å². The van der Waals surface area contributed by atoms with E-state index in [9.17, 15) is 4.79 Å². The minimum atomic E-state index is -0.674. The lowest BCUT2D eigenvalue weighted by Crippen LogP contribution is -2.39. The number of aromatic nitrogens is 2. The Hall–Kier alpha value is -1.83. The number of anilines is 1. The molecule has 1 aromatic carbocycles. The molecule has 100 valence electrons. The van der Waals surface area contributed by atoms with Crippen molar-refractivity contribution in [1.29, 1.82) is 0 Å². The molecule has 19 heavy (non-hydrogen) atoms. The zero-order valence-corrected chi connectivity index (χ0v) is 11.2. The molecule has 2 aromatic rings. The SMILES string of the molecule is COCC(N)C(=O)Nc1ccc(-c2csnn2)cc1. The number of carbonyl (C=O) groups is 1. The number of ether oxygens (including phenoxy) is 1. The third kappa shape index (κ3) is 3.57. The average molecular weight is 278 g/mol. The number of hydrogen-bond donors (Lipinski definition) is 2. The van der Waals surface area contributed by atoms with Gasteiger partial charge in [0, 0.05) is 23.7 Å². The number of nitrogens with zero attached hydrogens (tertiary/aromatic N) is 2. The van der Waals surface area contributed by atoms with Crippen LogP contribution in [-0.4, -0.2) is 35.3 Å². The molecule has 0 aliphatic carbocycles. The highest BCUT2D eigenvalue weighted by molar-refractivity contribution is 7.03. The molecule has 7 heteroatoms. The van der Waals surface area contributed by atoms with E-state index in [4.69, 9.17) is 10.5 Å². The first-order chi connectivity index (χ1) is 9.20. The van der Waals surface area contributed by atoms with Gasteiger partial charge in [0.15, 0.2) is 0 Å². The van der Waals surface area contributed by atoms with Gasteiger partial charge in [0.1, 0.15) is 11.7 Å². The lowest BCUT2D eigenvalue weighted by Gasteiger charge is -2.11. The molecule has 6 nitrogen and oxygen atoms in total. The number of amides is 1. The first-order valence-corrected chi connectivity index (χ1v) is 6.47. The van der Waals surface area contributed by atoms with Crippen LogP contribution >= 0.6 is 11.5 Å². The molecule has 3 N–H and O–H groups in total. The number of methoxy groups -OCH3 is 1. The van der Waals surface area contributed by atoms with Crippen LogP contribution in [0.15, 0.2) is 29.6 Å². The molecule has 0 spiro atoms. The van der Waals surface area contributed by atoms with Gasteiger partial charge in [-0.15, -0.1) is 5.10 Å². The first-order valence-electron chi connectivity index (χ1n) is 5.63. The minimum Gasteiger partial charge on any atom is -0.383 e. The Bertz CT molecular complexity index is 527. The maximum absolute atomic E-state index is 11.7. The number of rotatable bonds is 5. The van der Waals surface area contributed by atoms with Gasteiger partial charge in [-0.2, -0.15) is 0 Å². The molecule has 1 heterocycles. The molecule has 1 aromatic heterocycles. The molecule has 0 fully saturated rings. The summed E-state index contributed by atoms with van der Waals surface area (Å²) in [7, 11) is 1.50. The fourth-order valence-electron chi connectivity index (χ4n) is 1.50. The van der Waals surface area contributed by atoms with E-state index in [1.165, 1.54) is 18.6 Å². The zero-order valence-electron chi connectivity index (χ0n) is 10.4. The van der Waals surface area contributed by atoms with Crippen molar-refractivity contribution in [3.8, 4) is 11.3 Å². The molecular formula is C12H14N4O2S. The van der Waals surface area contributed by atoms with E-state index < -0.39 is 6.04 Å². The first kappa shape index (κ1) is 13.6. The van der Waals surface area contributed by atoms with Gasteiger partial charge in [-0.05, 0) is 23.7 Å². The molecule has 0 saturated heterocycles. The fourth-order valence-corrected chi connectivity index (χ4v) is 1.97. The van der Waals surface area contributed by atoms with Crippen LogP contribution in [0.25, 0.3) is 11.3 Å². The van der Waals surface area contributed by atoms with Crippen LogP contribution in [-0.2, 0) is 9.53 Å². The molecule has 0 aliphatic rings. The smallest absolute Gasteiger partial charge is 0.243 e. The third-order valence-corrected chi connectivity index (χ3v) is 3.00. The van der Waals surface area contributed by atoms with Crippen molar-refractivity contribution in [2.24, 2.45) is 5.73 Å². The van der Waals surface area contributed by atoms with Crippen molar-refractivity contribution in [3.05, 3.63) is 29.6 Å². The fraction of sp³-hybridized carbons (Fsp3) is 0.250. The van der Waals surface area contributed by atoms with E-state index in [1.807, 2.05) is 17.5 Å². The van der Waals surface area contributed by atoms with Crippen LogP contribution in [0.1, 0.15) is 0 Å². The van der Waals surface area contributed by atoms with Crippen LogP contribution in [0.4, 0.5) is 5.69 Å². The van der Waals surface area contributed by atoms with Gasteiger partial charge in [-0.3, -0.25) is 4.79 Å². The number of hydrogen-bond acceptors (Lipinski definition) is 6. The highest BCUT2D eigenvalue weighted by Gasteiger charge is 2.13. The van der Waals surface area contributed by atoms with E-state index >= 15 is 0 Å². The van der Waals surface area contributed by atoms with E-state index in [0.29, 0.717) is 5.69 Å². The Balaban J connectivity index is 2.01. The monoisotopic (exact) mass is 278 g/mol. The van der Waals surface area contributed by atoms with Crippen LogP contribution in [0, 0.1) is 0 Å². The van der Waals surface area contributed by atoms with Crippen molar-refractivity contribution in [3.63, 3.8) is 0 Å². The normalized spacial score (nSPS) is 12.1. The summed E-state index contributed by atoms with van der Waals surface area (Å²) in [6.07, 6.45) is 0. The second-order valence-electron chi connectivity index (χ2n) is 3.92. The topological polar surface area (TPSA) is 90.1 Å². The molecular weight excluding hydrogens is 264 g/mol. The van der Waals surface area contributed by atoms with Crippen molar-refractivity contribution >= 4 is 23.1 Å². The van der Waals surface area contributed by atoms with Crippen molar-refractivity contribution in [2.45, 2.75) is 6.04 Å². The predicted molar refractivity (Wildman–Crippen MR) is 73.8 cm³/mol. The van der Waals surface area contributed by atoms with E-state index in [1.54, 1.807) is 12.1 Å². The Morgan fingerprint density at radius 3 is 2.79 bits per heavy atom. The van der Waals surface area contributed by atoms with Crippen molar-refractivity contribution < 1.29 is 9.53 Å². The molecule has 0 bridgehead atoms. The predicted octanol–water partition coefficient (Wildman–Crippen LogP) is 1.12. The minimum absolute atomic E-state index is 0.189. The number of benzene rings is 1. The summed E-state index contributed by atoms with van der Waals surface area (Å²) in [5, 5.41) is 8.56. The summed E-state index contributed by atoms with van der Waals surface area (Å²) in [6.45, 7) is 0.189. The molecule has 1 atom stereocenters. The van der Waals surface area contributed by atoms with Gasteiger partial charge >= 0.3 is 0 Å². The third-order valence-electron chi connectivity index (χ3n) is 2.49. The van der Waals surface area contributed by atoms with Crippen LogP contribution in [0.3, 0.4) is 0 Å². The number of nitrogens with two attached hydrogens (primary N) is 1. The Kier molecular flexibility index (Phi) is 4.56. The van der Waals surface area contributed by atoms with Crippen molar-refractivity contribution in [1.82, 2.24) is 9.59 Å². The molecule has 0 saturated carbocycles. The van der Waals surface area contributed by atoms with Crippen LogP contribution < -0.4 is 11.1 Å². The molecule has 2 rings (SSSR count). The summed E-state index contributed by atoms with van der Waals surface area (Å²) in [5.41, 5.74) is 8.08. The largest absolute Gasteiger partial charge is 0.383 e. The van der Waals surface area contributed by atoms with Gasteiger partial charge in [0.05, 0.1) is 6.61 Å². The Labute approximate surface area is 114 Å². The molecule has 0 aliphatic heterocycles. The van der Waals surface area contributed by atoms with Gasteiger partial charge in [-0.25, -0.2) is 0 Å². The second kappa shape index (κ2) is 6.37. The Morgan fingerprint density at radius 1 is 1.47 bits per heavy atom. The molecule has 0 radical (unpaired) electrons. The maximum Gasteiger partial charge on any atom is 0.243 e. The standard InChI is InChI=1S/C12H14N4O2S/c1-18-6-10(13)12(17)14-9-4-2-8(3-5-9)11-7-19-16-15-11/h2-5,7,10H,6,13H2,1H3,(H,14,17). The van der Waals surface area contributed by atoms with Crippen LogP contribution in [0.5, 0.6) is 0 Å². The highest BCUT2D eigenvalue weighted by atomic mass is 32.1. The van der Waals surface area contributed by atoms with E-state index in [-0.39, 0.29) is 12.5 Å². The van der Waals surface area contributed by atoms with Gasteiger partial charge in [-0.1, -0.05) is 16.6 Å². The van der Waals surface area contributed by atoms with E-state index in [0.717, 1.165) is 11.3 Å². The molecule has 1 unspecified atom stereocenters. The summed E-state index contributed by atoms with van der Waals surface area (Å²) in [6, 6.07) is 6.66.